The molecule has 0 fully saturated rings. The molecule has 2 aromatic rings. The predicted molar refractivity (Wildman–Crippen MR) is 119 cm³/mol. The molecule has 0 saturated carbocycles. The van der Waals surface area contributed by atoms with Crippen LogP contribution in [0.1, 0.15) is 48.1 Å². The van der Waals surface area contributed by atoms with Crippen LogP contribution in [0, 0.1) is 13.8 Å². The smallest absolute Gasteiger partial charge is 0.275 e. The van der Waals surface area contributed by atoms with Crippen molar-refractivity contribution in [3.63, 3.8) is 0 Å². The van der Waals surface area contributed by atoms with Gasteiger partial charge in [0.25, 0.3) is 5.91 Å². The zero-order valence-corrected chi connectivity index (χ0v) is 19.4. The number of hydrogen-bond acceptors (Lipinski definition) is 3. The summed E-state index contributed by atoms with van der Waals surface area (Å²) in [6, 6.07) is 10.0. The number of Topliss-reactive ketones (excluding diaryl/α,β-unsaturated/α-hetero) is 1. The molecule has 2 rings (SSSR count). The molecular formula is C24H36N3O3+. The molecule has 6 heteroatoms. The van der Waals surface area contributed by atoms with Crippen LogP contribution < -0.4 is 15.0 Å². The summed E-state index contributed by atoms with van der Waals surface area (Å²) in [5.41, 5.74) is 3.77. The Morgan fingerprint density at radius 2 is 1.73 bits per heavy atom. The number of rotatable bonds is 9. The first-order valence-corrected chi connectivity index (χ1v) is 10.5. The highest BCUT2D eigenvalue weighted by molar-refractivity contribution is 5.98. The zero-order chi connectivity index (χ0) is 22.5. The Balaban J connectivity index is 1.99. The lowest BCUT2D eigenvalue weighted by Crippen LogP contribution is -3.11. The molecule has 1 unspecified atom stereocenters. The number of amides is 1. The van der Waals surface area contributed by atoms with Crippen molar-refractivity contribution in [3.05, 3.63) is 52.8 Å². The molecule has 0 saturated heterocycles. The minimum absolute atomic E-state index is 0.0437. The highest BCUT2D eigenvalue weighted by Crippen LogP contribution is 2.17. The van der Waals surface area contributed by atoms with E-state index in [0.29, 0.717) is 6.54 Å². The summed E-state index contributed by atoms with van der Waals surface area (Å²) in [5.74, 6) is 0.875. The van der Waals surface area contributed by atoms with Gasteiger partial charge < -0.3 is 19.5 Å². The number of quaternary nitrogens is 1. The second-order valence-electron chi connectivity index (χ2n) is 9.07. The predicted octanol–water partition coefficient (Wildman–Crippen LogP) is 1.97. The largest absolute Gasteiger partial charge is 0.497 e. The molecule has 0 bridgehead atoms. The fourth-order valence-electron chi connectivity index (χ4n) is 3.63. The number of ether oxygens (including phenoxy) is 1. The number of methoxy groups -OCH3 is 1. The minimum atomic E-state index is -0.268. The average molecular weight is 415 g/mol. The van der Waals surface area contributed by atoms with E-state index in [2.05, 4.69) is 22.0 Å². The first kappa shape index (κ1) is 23.7. The van der Waals surface area contributed by atoms with Crippen LogP contribution in [0.5, 0.6) is 5.75 Å². The summed E-state index contributed by atoms with van der Waals surface area (Å²) >= 11 is 0. The lowest BCUT2D eigenvalue weighted by molar-refractivity contribution is -0.862. The standard InChI is InChI=1S/C24H35N3O3/c1-17-14-21(22(28)15-26(6)16-23(29)25-24(3,4)5)18(2)27(17)13-12-19-8-10-20(30-7)11-9-19/h8-11,14H,12-13,15-16H2,1-7H3,(H,25,29)/p+1. The van der Waals surface area contributed by atoms with Crippen molar-refractivity contribution in [3.8, 4) is 5.75 Å². The van der Waals surface area contributed by atoms with E-state index in [4.69, 9.17) is 4.74 Å². The Labute approximate surface area is 180 Å². The maximum Gasteiger partial charge on any atom is 0.275 e. The molecule has 0 aliphatic rings. The van der Waals surface area contributed by atoms with E-state index >= 15 is 0 Å². The maximum atomic E-state index is 12.9. The Hall–Kier alpha value is -2.60. The maximum absolute atomic E-state index is 12.9. The van der Waals surface area contributed by atoms with E-state index in [0.717, 1.165) is 40.6 Å². The average Bonchev–Trinajstić information content (AvgIpc) is 2.92. The van der Waals surface area contributed by atoms with Gasteiger partial charge >= 0.3 is 0 Å². The highest BCUT2D eigenvalue weighted by Gasteiger charge is 2.22. The van der Waals surface area contributed by atoms with E-state index in [1.54, 1.807) is 7.11 Å². The number of benzene rings is 1. The van der Waals surface area contributed by atoms with E-state index in [1.165, 1.54) is 5.56 Å². The second kappa shape index (κ2) is 9.94. The Bertz CT molecular complexity index is 876. The summed E-state index contributed by atoms with van der Waals surface area (Å²) in [5, 5.41) is 2.94. The van der Waals surface area contributed by atoms with Gasteiger partial charge in [-0.05, 0) is 64.8 Å². The number of ketones is 1. The highest BCUT2D eigenvalue weighted by atomic mass is 16.5. The van der Waals surface area contributed by atoms with Crippen LogP contribution in [0.4, 0.5) is 0 Å². The Morgan fingerprint density at radius 3 is 2.30 bits per heavy atom. The van der Waals surface area contributed by atoms with Gasteiger partial charge in [-0.25, -0.2) is 0 Å². The van der Waals surface area contributed by atoms with Crippen LogP contribution >= 0.6 is 0 Å². The van der Waals surface area contributed by atoms with Crippen molar-refractivity contribution < 1.29 is 19.2 Å². The van der Waals surface area contributed by atoms with Crippen LogP contribution in [-0.4, -0.2) is 49.0 Å². The lowest BCUT2D eigenvalue weighted by Gasteiger charge is -2.21. The fraction of sp³-hybridized carbons (Fsp3) is 0.500. The van der Waals surface area contributed by atoms with E-state index in [9.17, 15) is 9.59 Å². The zero-order valence-electron chi connectivity index (χ0n) is 19.4. The lowest BCUT2D eigenvalue weighted by atomic mass is 10.1. The summed E-state index contributed by atoms with van der Waals surface area (Å²) in [6.45, 7) is 11.3. The van der Waals surface area contributed by atoms with E-state index in [1.807, 2.05) is 59.9 Å². The first-order valence-electron chi connectivity index (χ1n) is 10.5. The molecule has 30 heavy (non-hydrogen) atoms. The van der Waals surface area contributed by atoms with Crippen molar-refractivity contribution in [2.24, 2.45) is 0 Å². The van der Waals surface area contributed by atoms with E-state index < -0.39 is 0 Å². The van der Waals surface area contributed by atoms with Gasteiger partial charge in [0.1, 0.15) is 12.3 Å². The monoisotopic (exact) mass is 414 g/mol. The summed E-state index contributed by atoms with van der Waals surface area (Å²) < 4.78 is 7.40. The topological polar surface area (TPSA) is 64.8 Å². The van der Waals surface area contributed by atoms with Gasteiger partial charge in [-0.1, -0.05) is 12.1 Å². The summed E-state index contributed by atoms with van der Waals surface area (Å²) in [6.07, 6.45) is 0.881. The van der Waals surface area contributed by atoms with Crippen LogP contribution in [0.15, 0.2) is 30.3 Å². The first-order chi connectivity index (χ1) is 14.0. The quantitative estimate of drug-likeness (QED) is 0.617. The fourth-order valence-corrected chi connectivity index (χ4v) is 3.63. The van der Waals surface area contributed by atoms with Crippen molar-refractivity contribution in [2.75, 3.05) is 27.2 Å². The summed E-state index contributed by atoms with van der Waals surface area (Å²) in [4.78, 5) is 25.9. The van der Waals surface area contributed by atoms with Gasteiger partial charge in [0.15, 0.2) is 6.54 Å². The van der Waals surface area contributed by atoms with E-state index in [-0.39, 0.29) is 23.8 Å². The van der Waals surface area contributed by atoms with Crippen molar-refractivity contribution in [1.29, 1.82) is 0 Å². The third-order valence-corrected chi connectivity index (χ3v) is 5.10. The van der Waals surface area contributed by atoms with Crippen molar-refractivity contribution in [2.45, 2.75) is 53.1 Å². The van der Waals surface area contributed by atoms with Crippen molar-refractivity contribution in [1.82, 2.24) is 9.88 Å². The van der Waals surface area contributed by atoms with Gasteiger partial charge in [-0.15, -0.1) is 0 Å². The SMILES string of the molecule is COc1ccc(CCn2c(C)cc(C(=O)C[NH+](C)CC(=O)NC(C)(C)C)c2C)cc1. The normalized spacial score (nSPS) is 12.5. The number of aromatic nitrogens is 1. The van der Waals surface area contributed by atoms with Gasteiger partial charge in [0.05, 0.1) is 14.2 Å². The molecule has 164 valence electrons. The number of nitrogens with one attached hydrogen (secondary N) is 2. The molecule has 2 N–H and O–H groups in total. The Kier molecular flexibility index (Phi) is 7.84. The van der Waals surface area contributed by atoms with Crippen LogP contribution in [0.25, 0.3) is 0 Å². The molecule has 1 amide bonds. The molecule has 0 aliphatic heterocycles. The number of aryl methyl sites for hydroxylation is 2. The Morgan fingerprint density at radius 1 is 1.10 bits per heavy atom. The summed E-state index contributed by atoms with van der Waals surface area (Å²) in [7, 11) is 3.54. The molecule has 6 nitrogen and oxygen atoms in total. The molecule has 1 aromatic heterocycles. The van der Waals surface area contributed by atoms with Crippen molar-refractivity contribution >= 4 is 11.7 Å². The number of nitrogens with zero attached hydrogens (tertiary/aromatic N) is 1. The van der Waals surface area contributed by atoms with Crippen LogP contribution in [0.3, 0.4) is 0 Å². The number of likely N-dealkylation sites (N-methyl/N-ethyl adjacent to an activating group) is 1. The van der Waals surface area contributed by atoms with Gasteiger partial charge in [-0.2, -0.15) is 0 Å². The molecule has 1 heterocycles. The molecule has 1 atom stereocenters. The minimum Gasteiger partial charge on any atom is -0.497 e. The van der Waals surface area contributed by atoms with Gasteiger partial charge in [0.2, 0.25) is 5.78 Å². The number of carbonyl (C=O) groups is 2. The number of hydrogen-bond donors (Lipinski definition) is 2. The second-order valence-corrected chi connectivity index (χ2v) is 9.07. The molecular weight excluding hydrogens is 378 g/mol. The third-order valence-electron chi connectivity index (χ3n) is 5.10. The van der Waals surface area contributed by atoms with Gasteiger partial charge in [0, 0.05) is 29.0 Å². The molecule has 1 aromatic carbocycles. The molecule has 0 radical (unpaired) electrons. The number of carbonyl (C=O) groups excluding carboxylic acids is 2. The van der Waals surface area contributed by atoms with Gasteiger partial charge in [-0.3, -0.25) is 9.59 Å². The third kappa shape index (κ3) is 6.73. The molecule has 0 spiro atoms. The van der Waals surface area contributed by atoms with Crippen LogP contribution in [-0.2, 0) is 17.8 Å². The molecule has 0 aliphatic carbocycles. The van der Waals surface area contributed by atoms with Crippen LogP contribution in [0.2, 0.25) is 0 Å².